The van der Waals surface area contributed by atoms with Gasteiger partial charge in [0.25, 0.3) is 5.56 Å². The summed E-state index contributed by atoms with van der Waals surface area (Å²) in [5.74, 6) is -0.399. The van der Waals surface area contributed by atoms with Gasteiger partial charge in [-0.2, -0.15) is 4.98 Å². The first-order chi connectivity index (χ1) is 10.7. The number of fused-ring (bicyclic) bond motifs is 1. The first kappa shape index (κ1) is 14.2. The van der Waals surface area contributed by atoms with E-state index in [2.05, 4.69) is 20.0 Å². The fourth-order valence-electron chi connectivity index (χ4n) is 1.89. The van der Waals surface area contributed by atoms with E-state index in [1.54, 1.807) is 42.6 Å². The summed E-state index contributed by atoms with van der Waals surface area (Å²) in [4.78, 5) is 32.1. The number of esters is 1. The molecule has 0 aliphatic carbocycles. The van der Waals surface area contributed by atoms with Gasteiger partial charge in [0.1, 0.15) is 4.83 Å². The molecule has 0 radical (unpaired) electrons. The zero-order valence-electron chi connectivity index (χ0n) is 11.6. The quantitative estimate of drug-likeness (QED) is 0.749. The van der Waals surface area contributed by atoms with Crippen LogP contribution in [0.3, 0.4) is 0 Å². The van der Waals surface area contributed by atoms with Gasteiger partial charge in [0.15, 0.2) is 5.13 Å². The minimum absolute atomic E-state index is 0.324. The van der Waals surface area contributed by atoms with Crippen molar-refractivity contribution < 1.29 is 9.53 Å². The molecule has 0 aliphatic heterocycles. The van der Waals surface area contributed by atoms with Crippen molar-refractivity contribution in [1.29, 1.82) is 0 Å². The number of aromatic nitrogens is 2. The minimum Gasteiger partial charge on any atom is -0.465 e. The van der Waals surface area contributed by atoms with Crippen LogP contribution in [0.5, 0.6) is 0 Å². The Bertz CT molecular complexity index is 890. The normalized spacial score (nSPS) is 10.4. The SMILES string of the molecule is COC(=O)c1ccc(Nc2nc(=O)c3cccnc3s2)cc1. The summed E-state index contributed by atoms with van der Waals surface area (Å²) < 4.78 is 4.64. The molecule has 0 saturated carbocycles. The molecule has 2 heterocycles. The summed E-state index contributed by atoms with van der Waals surface area (Å²) in [6.07, 6.45) is 1.63. The predicted molar refractivity (Wildman–Crippen MR) is 84.7 cm³/mol. The fourth-order valence-corrected chi connectivity index (χ4v) is 2.75. The van der Waals surface area contributed by atoms with Crippen molar-refractivity contribution in [2.24, 2.45) is 0 Å². The van der Waals surface area contributed by atoms with Crippen LogP contribution in [0.1, 0.15) is 10.4 Å². The van der Waals surface area contributed by atoms with Crippen molar-refractivity contribution >= 4 is 38.3 Å². The van der Waals surface area contributed by atoms with Crippen molar-refractivity contribution in [3.8, 4) is 0 Å². The first-order valence-electron chi connectivity index (χ1n) is 6.38. The van der Waals surface area contributed by atoms with Crippen molar-refractivity contribution in [2.75, 3.05) is 12.4 Å². The molecule has 0 bridgehead atoms. The summed E-state index contributed by atoms with van der Waals surface area (Å²) in [5.41, 5.74) is 0.844. The van der Waals surface area contributed by atoms with Crippen LogP contribution in [0.15, 0.2) is 47.4 Å². The summed E-state index contributed by atoms with van der Waals surface area (Å²) in [6.45, 7) is 0. The van der Waals surface area contributed by atoms with Crippen LogP contribution < -0.4 is 10.9 Å². The lowest BCUT2D eigenvalue weighted by molar-refractivity contribution is 0.0601. The molecule has 0 unspecified atom stereocenters. The molecule has 110 valence electrons. The molecule has 0 saturated heterocycles. The zero-order chi connectivity index (χ0) is 15.5. The Hall–Kier alpha value is -2.80. The number of nitrogens with one attached hydrogen (secondary N) is 1. The third kappa shape index (κ3) is 2.79. The first-order valence-corrected chi connectivity index (χ1v) is 7.20. The summed E-state index contributed by atoms with van der Waals surface area (Å²) in [7, 11) is 1.33. The van der Waals surface area contributed by atoms with Crippen LogP contribution in [0.2, 0.25) is 0 Å². The molecule has 7 heteroatoms. The predicted octanol–water partition coefficient (Wildman–Crippen LogP) is 2.58. The lowest BCUT2D eigenvalue weighted by Crippen LogP contribution is -2.08. The topological polar surface area (TPSA) is 81.2 Å². The molecule has 0 spiro atoms. The van der Waals surface area contributed by atoms with Gasteiger partial charge >= 0.3 is 5.97 Å². The van der Waals surface area contributed by atoms with Crippen LogP contribution in [-0.4, -0.2) is 23.0 Å². The van der Waals surface area contributed by atoms with Crippen LogP contribution >= 0.6 is 11.3 Å². The monoisotopic (exact) mass is 313 g/mol. The van der Waals surface area contributed by atoms with E-state index in [1.165, 1.54) is 18.4 Å². The molecule has 0 atom stereocenters. The second kappa shape index (κ2) is 5.90. The Kier molecular flexibility index (Phi) is 3.80. The van der Waals surface area contributed by atoms with Gasteiger partial charge < -0.3 is 10.1 Å². The van der Waals surface area contributed by atoms with Gasteiger partial charge in [-0.05, 0) is 36.4 Å². The second-order valence-corrected chi connectivity index (χ2v) is 5.35. The number of anilines is 2. The minimum atomic E-state index is -0.399. The van der Waals surface area contributed by atoms with Gasteiger partial charge in [0.05, 0.1) is 18.1 Å². The van der Waals surface area contributed by atoms with Crippen LogP contribution in [0.25, 0.3) is 10.2 Å². The van der Waals surface area contributed by atoms with Gasteiger partial charge in [0.2, 0.25) is 0 Å². The molecule has 2 aromatic heterocycles. The van der Waals surface area contributed by atoms with Crippen molar-refractivity contribution in [1.82, 2.24) is 9.97 Å². The van der Waals surface area contributed by atoms with Gasteiger partial charge in [-0.25, -0.2) is 9.78 Å². The molecule has 22 heavy (non-hydrogen) atoms. The number of methoxy groups -OCH3 is 1. The maximum Gasteiger partial charge on any atom is 0.337 e. The van der Waals surface area contributed by atoms with Crippen molar-refractivity contribution in [3.05, 3.63) is 58.5 Å². The number of benzene rings is 1. The molecule has 0 aliphatic rings. The zero-order valence-corrected chi connectivity index (χ0v) is 12.4. The maximum atomic E-state index is 11.9. The largest absolute Gasteiger partial charge is 0.465 e. The number of carbonyl (C=O) groups is 1. The Labute approximate surface area is 129 Å². The number of nitrogens with zero attached hydrogens (tertiary/aromatic N) is 2. The molecule has 3 aromatic rings. The number of pyridine rings is 1. The highest BCUT2D eigenvalue weighted by atomic mass is 32.1. The number of carbonyl (C=O) groups excluding carboxylic acids is 1. The summed E-state index contributed by atoms with van der Waals surface area (Å²) in [6, 6.07) is 10.1. The lowest BCUT2D eigenvalue weighted by Gasteiger charge is -2.06. The molecule has 1 aromatic carbocycles. The van der Waals surface area contributed by atoms with Crippen molar-refractivity contribution in [2.45, 2.75) is 0 Å². The van der Waals surface area contributed by atoms with Gasteiger partial charge in [-0.15, -0.1) is 0 Å². The smallest absolute Gasteiger partial charge is 0.337 e. The highest BCUT2D eigenvalue weighted by molar-refractivity contribution is 7.21. The van der Waals surface area contributed by atoms with Crippen LogP contribution in [0, 0.1) is 0 Å². The van der Waals surface area contributed by atoms with E-state index in [0.717, 1.165) is 0 Å². The number of hydrogen-bond acceptors (Lipinski definition) is 7. The number of hydrogen-bond donors (Lipinski definition) is 1. The molecule has 0 amide bonds. The average Bonchev–Trinajstić information content (AvgIpc) is 2.55. The Morgan fingerprint density at radius 1 is 1.23 bits per heavy atom. The van der Waals surface area contributed by atoms with Crippen LogP contribution in [-0.2, 0) is 4.74 Å². The van der Waals surface area contributed by atoms with Crippen molar-refractivity contribution in [3.63, 3.8) is 0 Å². The van der Waals surface area contributed by atoms with Gasteiger partial charge in [-0.1, -0.05) is 11.3 Å². The highest BCUT2D eigenvalue weighted by Crippen LogP contribution is 2.22. The standard InChI is InChI=1S/C15H11N3O3S/c1-21-14(20)9-4-6-10(7-5-9)17-15-18-12(19)11-3-2-8-16-13(11)22-15/h2-8H,1H3,(H,17,18,19). The number of rotatable bonds is 3. The van der Waals surface area contributed by atoms with E-state index in [0.29, 0.717) is 26.6 Å². The fraction of sp³-hybridized carbons (Fsp3) is 0.0667. The molecular formula is C15H11N3O3S. The molecule has 0 fully saturated rings. The summed E-state index contributed by atoms with van der Waals surface area (Å²) in [5, 5.41) is 3.98. The highest BCUT2D eigenvalue weighted by Gasteiger charge is 2.07. The molecule has 3 rings (SSSR count). The second-order valence-electron chi connectivity index (χ2n) is 4.37. The Morgan fingerprint density at radius 2 is 2.00 bits per heavy atom. The van der Waals surface area contributed by atoms with E-state index in [4.69, 9.17) is 0 Å². The average molecular weight is 313 g/mol. The summed E-state index contributed by atoms with van der Waals surface area (Å²) >= 11 is 1.29. The van der Waals surface area contributed by atoms with E-state index in [-0.39, 0.29) is 5.56 Å². The van der Waals surface area contributed by atoms with E-state index in [1.807, 2.05) is 0 Å². The third-order valence-corrected chi connectivity index (χ3v) is 3.86. The van der Waals surface area contributed by atoms with Crippen LogP contribution in [0.4, 0.5) is 10.8 Å². The number of ether oxygens (including phenoxy) is 1. The molecular weight excluding hydrogens is 302 g/mol. The maximum absolute atomic E-state index is 11.9. The molecule has 1 N–H and O–H groups in total. The lowest BCUT2D eigenvalue weighted by atomic mass is 10.2. The third-order valence-electron chi connectivity index (χ3n) is 2.96. The van der Waals surface area contributed by atoms with E-state index in [9.17, 15) is 9.59 Å². The van der Waals surface area contributed by atoms with E-state index < -0.39 is 5.97 Å². The van der Waals surface area contributed by atoms with Gasteiger partial charge in [0, 0.05) is 11.9 Å². The Morgan fingerprint density at radius 3 is 2.73 bits per heavy atom. The molecule has 6 nitrogen and oxygen atoms in total. The van der Waals surface area contributed by atoms with E-state index >= 15 is 0 Å². The Balaban J connectivity index is 1.90. The van der Waals surface area contributed by atoms with Gasteiger partial charge in [-0.3, -0.25) is 4.79 Å².